The first-order valence-electron chi connectivity index (χ1n) is 14.7. The van der Waals surface area contributed by atoms with Gasteiger partial charge in [0.25, 0.3) is 0 Å². The molecule has 2 aromatic heterocycles. The summed E-state index contributed by atoms with van der Waals surface area (Å²) in [6.45, 7) is 7.98. The molecule has 3 aliphatic rings. The van der Waals surface area contributed by atoms with E-state index in [9.17, 15) is 0 Å². The largest absolute Gasteiger partial charge is 0.213 e. The van der Waals surface area contributed by atoms with Crippen LogP contribution in [0.2, 0.25) is 0 Å². The van der Waals surface area contributed by atoms with Gasteiger partial charge in [-0.2, -0.15) is 9.13 Å². The quantitative estimate of drug-likeness (QED) is 0.215. The minimum atomic E-state index is -0.0612. The van der Waals surface area contributed by atoms with Crippen LogP contribution in [-0.2, 0) is 17.5 Å². The highest BCUT2D eigenvalue weighted by Gasteiger charge is 2.82. The van der Waals surface area contributed by atoms with Crippen LogP contribution in [0.15, 0.2) is 121 Å². The zero-order valence-electron chi connectivity index (χ0n) is 23.5. The van der Waals surface area contributed by atoms with Crippen molar-refractivity contribution < 1.29 is 9.13 Å². The Morgan fingerprint density at radius 1 is 0.625 bits per heavy atom. The average molecular weight is 519 g/mol. The van der Waals surface area contributed by atoms with Crippen molar-refractivity contribution in [2.45, 2.75) is 51.1 Å². The summed E-state index contributed by atoms with van der Waals surface area (Å²) < 4.78 is 5.20. The number of allylic oxidation sites excluding steroid dienone is 2. The van der Waals surface area contributed by atoms with Crippen LogP contribution < -0.4 is 9.13 Å². The van der Waals surface area contributed by atoms with Gasteiger partial charge in [0.2, 0.25) is 16.9 Å². The highest BCUT2D eigenvalue weighted by molar-refractivity contribution is 5.90. The molecule has 0 amide bonds. The van der Waals surface area contributed by atoms with Gasteiger partial charge in [-0.3, -0.25) is 0 Å². The van der Waals surface area contributed by atoms with Crippen molar-refractivity contribution in [3.05, 3.63) is 138 Å². The van der Waals surface area contributed by atoms with E-state index in [4.69, 9.17) is 0 Å². The Hall–Kier alpha value is -4.30. The predicted octanol–water partition coefficient (Wildman–Crippen LogP) is 7.82. The van der Waals surface area contributed by atoms with Crippen LogP contribution in [0.5, 0.6) is 0 Å². The molecule has 2 nitrogen and oxygen atoms in total. The number of benzene rings is 3. The van der Waals surface area contributed by atoms with Gasteiger partial charge in [0.15, 0.2) is 18.4 Å². The topological polar surface area (TPSA) is 7.76 Å². The fourth-order valence-electron chi connectivity index (χ4n) is 8.54. The first-order chi connectivity index (χ1) is 19.7. The Balaban J connectivity index is 1.44. The van der Waals surface area contributed by atoms with Gasteiger partial charge < -0.3 is 0 Å². The second kappa shape index (κ2) is 8.35. The van der Waals surface area contributed by atoms with Crippen LogP contribution in [0.4, 0.5) is 0 Å². The van der Waals surface area contributed by atoms with Crippen molar-refractivity contribution >= 4 is 5.57 Å². The molecule has 1 fully saturated rings. The second-order valence-electron chi connectivity index (χ2n) is 11.6. The van der Waals surface area contributed by atoms with Gasteiger partial charge in [0, 0.05) is 48.3 Å². The molecule has 2 unspecified atom stereocenters. The number of rotatable bonds is 3. The summed E-state index contributed by atoms with van der Waals surface area (Å²) in [6, 6.07) is 40.5. The monoisotopic (exact) mass is 518 g/mol. The molecule has 2 atom stereocenters. The van der Waals surface area contributed by atoms with Crippen molar-refractivity contribution in [3.8, 4) is 33.6 Å². The van der Waals surface area contributed by atoms with Gasteiger partial charge in [0.05, 0.1) is 16.5 Å². The minimum Gasteiger partial charge on any atom is -0.193 e. The SMILES string of the molecule is CCC12C(=C3C[n+]4cc(-c5ccccc5)ccc4-c4ccccc43)C1(CC)[n+]1c(C)cccc1-c1ccccc12. The van der Waals surface area contributed by atoms with E-state index in [0.29, 0.717) is 0 Å². The first kappa shape index (κ1) is 23.6. The fraction of sp³-hybridized carbons (Fsp3) is 0.211. The molecule has 2 heteroatoms. The molecule has 0 bridgehead atoms. The van der Waals surface area contributed by atoms with E-state index in [2.05, 4.69) is 145 Å². The summed E-state index contributed by atoms with van der Waals surface area (Å²) in [5.74, 6) is 0. The van der Waals surface area contributed by atoms with Crippen molar-refractivity contribution in [3.63, 3.8) is 0 Å². The third-order valence-corrected chi connectivity index (χ3v) is 10.0. The summed E-state index contributed by atoms with van der Waals surface area (Å²) in [4.78, 5) is 0. The van der Waals surface area contributed by atoms with Gasteiger partial charge in [0.1, 0.15) is 0 Å². The molecule has 0 spiro atoms. The molecule has 8 rings (SSSR count). The van der Waals surface area contributed by atoms with Crippen molar-refractivity contribution in [1.82, 2.24) is 0 Å². The third kappa shape index (κ3) is 2.79. The van der Waals surface area contributed by atoms with Gasteiger partial charge in [-0.1, -0.05) is 80.6 Å². The number of fused-ring (bicyclic) bond motifs is 9. The number of nitrogens with zero attached hydrogens (tertiary/aromatic N) is 2. The maximum atomic E-state index is 2.70. The summed E-state index contributed by atoms with van der Waals surface area (Å²) in [7, 11) is 0. The zero-order chi connectivity index (χ0) is 27.1. The van der Waals surface area contributed by atoms with Crippen molar-refractivity contribution in [1.29, 1.82) is 0 Å². The van der Waals surface area contributed by atoms with E-state index in [1.807, 2.05) is 0 Å². The van der Waals surface area contributed by atoms with E-state index in [-0.39, 0.29) is 11.0 Å². The van der Waals surface area contributed by atoms with E-state index >= 15 is 0 Å². The van der Waals surface area contributed by atoms with Gasteiger partial charge in [-0.25, -0.2) is 0 Å². The average Bonchev–Trinajstić information content (AvgIpc) is 3.65. The second-order valence-corrected chi connectivity index (χ2v) is 11.6. The highest BCUT2D eigenvalue weighted by atomic mass is 15.2. The number of aryl methyl sites for hydroxylation is 1. The summed E-state index contributed by atoms with van der Waals surface area (Å²) in [5, 5.41) is 0. The number of pyridine rings is 2. The Kier molecular flexibility index (Phi) is 4.92. The lowest BCUT2D eigenvalue weighted by Gasteiger charge is -2.28. The molecule has 194 valence electrons. The van der Waals surface area contributed by atoms with E-state index < -0.39 is 0 Å². The Labute approximate surface area is 236 Å². The van der Waals surface area contributed by atoms with E-state index in [1.165, 1.54) is 56.0 Å². The molecule has 2 aliphatic heterocycles. The van der Waals surface area contributed by atoms with Gasteiger partial charge in [-0.15, -0.1) is 0 Å². The molecule has 0 saturated heterocycles. The van der Waals surface area contributed by atoms with Crippen LogP contribution in [0, 0.1) is 6.92 Å². The molecule has 4 heterocycles. The molecule has 5 aromatic rings. The normalized spacial score (nSPS) is 23.4. The third-order valence-electron chi connectivity index (χ3n) is 10.0. The van der Waals surface area contributed by atoms with Crippen molar-refractivity contribution in [2.24, 2.45) is 0 Å². The van der Waals surface area contributed by atoms with Crippen LogP contribution in [0.1, 0.15) is 43.5 Å². The lowest BCUT2D eigenvalue weighted by molar-refractivity contribution is -0.737. The van der Waals surface area contributed by atoms with Crippen LogP contribution in [0.3, 0.4) is 0 Å². The molecule has 1 saturated carbocycles. The zero-order valence-corrected chi connectivity index (χ0v) is 23.5. The smallest absolute Gasteiger partial charge is 0.193 e. The Morgan fingerprint density at radius 3 is 2.12 bits per heavy atom. The Morgan fingerprint density at radius 2 is 1.35 bits per heavy atom. The lowest BCUT2D eigenvalue weighted by Crippen LogP contribution is -2.56. The minimum absolute atomic E-state index is 0.0142. The molecule has 3 aromatic carbocycles. The Bertz CT molecular complexity index is 1860. The lowest BCUT2D eigenvalue weighted by atomic mass is 9.79. The first-order valence-corrected chi connectivity index (χ1v) is 14.7. The summed E-state index contributed by atoms with van der Waals surface area (Å²) in [6.07, 6.45) is 4.52. The number of aromatic nitrogens is 2. The van der Waals surface area contributed by atoms with Crippen LogP contribution in [0.25, 0.3) is 39.2 Å². The highest BCUT2D eigenvalue weighted by Crippen LogP contribution is 2.73. The van der Waals surface area contributed by atoms with Crippen molar-refractivity contribution in [2.75, 3.05) is 0 Å². The van der Waals surface area contributed by atoms with Crippen LogP contribution >= 0.6 is 0 Å². The molecule has 40 heavy (non-hydrogen) atoms. The molecular weight excluding hydrogens is 484 g/mol. The predicted molar refractivity (Wildman–Crippen MR) is 161 cm³/mol. The fourth-order valence-corrected chi connectivity index (χ4v) is 8.54. The molecule has 1 aliphatic carbocycles. The standard InChI is InChI=1S/C38H34N2/c1-4-37-33-20-12-11-19-31(33)35-21-13-14-26(3)40(35)38(37,5-2)36(37)32-25-39-24-28(27-15-7-6-8-16-27)22-23-34(39)30-18-10-9-17-29(30)32/h6-24H,4-5,25H2,1-3H3/q+2. The maximum Gasteiger partial charge on any atom is 0.213 e. The van der Waals surface area contributed by atoms with Gasteiger partial charge >= 0.3 is 0 Å². The molecule has 0 radical (unpaired) electrons. The van der Waals surface area contributed by atoms with Crippen LogP contribution in [-0.4, -0.2) is 0 Å². The van der Waals surface area contributed by atoms with E-state index in [0.717, 1.165) is 19.4 Å². The summed E-state index contributed by atoms with van der Waals surface area (Å²) >= 11 is 0. The maximum absolute atomic E-state index is 2.70. The van der Waals surface area contributed by atoms with E-state index in [1.54, 1.807) is 5.57 Å². The number of hydrogen-bond donors (Lipinski definition) is 0. The molecule has 0 N–H and O–H groups in total. The molecular formula is C38H34N2+2. The summed E-state index contributed by atoms with van der Waals surface area (Å²) in [5.41, 5.74) is 15.2. The van der Waals surface area contributed by atoms with Gasteiger partial charge in [-0.05, 0) is 47.4 Å². The number of hydrogen-bond acceptors (Lipinski definition) is 0.